The van der Waals surface area contributed by atoms with Crippen LogP contribution in [0.5, 0.6) is 0 Å². The number of aliphatic hydroxyl groups is 3. The number of thioether (sulfide) groups is 1. The van der Waals surface area contributed by atoms with Crippen molar-refractivity contribution in [2.75, 3.05) is 24.8 Å². The monoisotopic (exact) mass is 490 g/mol. The van der Waals surface area contributed by atoms with E-state index in [4.69, 9.17) is 4.74 Å². The number of carbonyl (C=O) groups excluding carboxylic acids is 2. The van der Waals surface area contributed by atoms with Crippen molar-refractivity contribution in [2.24, 2.45) is 0 Å². The van der Waals surface area contributed by atoms with Crippen LogP contribution in [0.15, 0.2) is 59.5 Å². The SMILES string of the molecule is CO[C@@H](C(=O)N[C@H]1CSc2ccccc2N(C)C1=O)[C@H](O)[C@@H](O)[C@H](O)C=Cc1ccc(F)cc1. The van der Waals surface area contributed by atoms with Crippen LogP contribution >= 0.6 is 11.8 Å². The van der Waals surface area contributed by atoms with Crippen molar-refractivity contribution in [1.82, 2.24) is 5.32 Å². The second-order valence-electron chi connectivity index (χ2n) is 7.78. The molecule has 3 rings (SSSR count). The first kappa shape index (κ1) is 25.9. The van der Waals surface area contributed by atoms with Gasteiger partial charge in [0.2, 0.25) is 5.91 Å². The van der Waals surface area contributed by atoms with Crippen LogP contribution in [0.3, 0.4) is 0 Å². The van der Waals surface area contributed by atoms with Gasteiger partial charge in [0.05, 0.1) is 5.69 Å². The number of aliphatic hydroxyl groups excluding tert-OH is 3. The number of fused-ring (bicyclic) bond motifs is 1. The van der Waals surface area contributed by atoms with E-state index < -0.39 is 42.2 Å². The molecule has 0 unspecified atom stereocenters. The van der Waals surface area contributed by atoms with Crippen LogP contribution in [0.1, 0.15) is 5.56 Å². The molecule has 2 amide bonds. The normalized spacial score (nSPS) is 19.8. The lowest BCUT2D eigenvalue weighted by atomic mass is 10.0. The fourth-order valence-corrected chi connectivity index (χ4v) is 4.59. The van der Waals surface area contributed by atoms with Gasteiger partial charge in [0, 0.05) is 24.8 Å². The van der Waals surface area contributed by atoms with Crippen molar-refractivity contribution in [3.63, 3.8) is 0 Å². The molecule has 2 aromatic carbocycles. The van der Waals surface area contributed by atoms with Crippen molar-refractivity contribution >= 4 is 35.3 Å². The van der Waals surface area contributed by atoms with Crippen molar-refractivity contribution in [2.45, 2.75) is 35.4 Å². The van der Waals surface area contributed by atoms with E-state index in [0.29, 0.717) is 5.56 Å². The summed E-state index contributed by atoms with van der Waals surface area (Å²) in [5, 5.41) is 33.7. The van der Waals surface area contributed by atoms with Crippen LogP contribution in [-0.2, 0) is 14.3 Å². The van der Waals surface area contributed by atoms with E-state index in [0.717, 1.165) is 10.6 Å². The molecule has 1 aliphatic rings. The molecule has 0 bridgehead atoms. The number of ether oxygens (including phenoxy) is 1. The van der Waals surface area contributed by atoms with Gasteiger partial charge in [-0.15, -0.1) is 11.8 Å². The van der Waals surface area contributed by atoms with Gasteiger partial charge in [0.15, 0.2) is 6.10 Å². The van der Waals surface area contributed by atoms with Gasteiger partial charge < -0.3 is 30.3 Å². The van der Waals surface area contributed by atoms with Crippen LogP contribution in [0.2, 0.25) is 0 Å². The lowest BCUT2D eigenvalue weighted by molar-refractivity contribution is -0.150. The van der Waals surface area contributed by atoms with Gasteiger partial charge in [0.1, 0.15) is 30.2 Å². The number of nitrogens with zero attached hydrogens (tertiary/aromatic N) is 1. The Kier molecular flexibility index (Phi) is 8.81. The topological polar surface area (TPSA) is 119 Å². The summed E-state index contributed by atoms with van der Waals surface area (Å²) in [6, 6.07) is 11.9. The molecule has 1 heterocycles. The molecule has 0 saturated heterocycles. The number of rotatable bonds is 8. The minimum absolute atomic E-state index is 0.268. The second kappa shape index (κ2) is 11.6. The van der Waals surface area contributed by atoms with Crippen molar-refractivity contribution in [3.8, 4) is 0 Å². The summed E-state index contributed by atoms with van der Waals surface area (Å²) < 4.78 is 18.1. The standard InChI is InChI=1S/C24H27FN2O6S/c1-27-17-5-3-4-6-19(17)34-13-16(24(27)32)26-23(31)22(33-2)21(30)20(29)18(28)12-9-14-7-10-15(25)11-8-14/h3-12,16,18,20-22,28-30H,13H2,1-2H3,(H,26,31)/t16-,18+,20-,21+,22+/m0/s1. The van der Waals surface area contributed by atoms with Gasteiger partial charge in [-0.25, -0.2) is 4.39 Å². The van der Waals surface area contributed by atoms with E-state index in [-0.39, 0.29) is 11.7 Å². The molecule has 0 aromatic heterocycles. The Bertz CT molecular complexity index is 1030. The number of hydrogen-bond acceptors (Lipinski definition) is 7. The molecule has 10 heteroatoms. The number of benzene rings is 2. The van der Waals surface area contributed by atoms with Gasteiger partial charge in [-0.3, -0.25) is 9.59 Å². The first-order valence-corrected chi connectivity index (χ1v) is 11.5. The molecule has 182 valence electrons. The van der Waals surface area contributed by atoms with Gasteiger partial charge in [-0.05, 0) is 29.8 Å². The number of halogens is 1. The largest absolute Gasteiger partial charge is 0.387 e. The Morgan fingerprint density at radius 1 is 1.18 bits per heavy atom. The molecule has 8 nitrogen and oxygen atoms in total. The van der Waals surface area contributed by atoms with E-state index in [2.05, 4.69) is 5.32 Å². The first-order valence-electron chi connectivity index (χ1n) is 10.5. The summed E-state index contributed by atoms with van der Waals surface area (Å²) in [4.78, 5) is 28.1. The van der Waals surface area contributed by atoms with Crippen molar-refractivity contribution in [3.05, 3.63) is 66.0 Å². The van der Waals surface area contributed by atoms with E-state index in [1.165, 1.54) is 60.2 Å². The Morgan fingerprint density at radius 2 is 1.85 bits per heavy atom. The number of carbonyl (C=O) groups is 2. The number of para-hydroxylation sites is 1. The van der Waals surface area contributed by atoms with Crippen LogP contribution in [-0.4, -0.2) is 77.5 Å². The predicted octanol–water partition coefficient (Wildman–Crippen LogP) is 1.19. The van der Waals surface area contributed by atoms with E-state index in [1.54, 1.807) is 7.05 Å². The van der Waals surface area contributed by atoms with Gasteiger partial charge in [-0.1, -0.05) is 36.4 Å². The molecule has 0 radical (unpaired) electrons. The number of methoxy groups -OCH3 is 1. The minimum Gasteiger partial charge on any atom is -0.387 e. The average molecular weight is 491 g/mol. The number of likely N-dealkylation sites (N-methyl/N-ethyl adjacent to an activating group) is 1. The minimum atomic E-state index is -1.79. The van der Waals surface area contributed by atoms with Crippen molar-refractivity contribution in [1.29, 1.82) is 0 Å². The Balaban J connectivity index is 1.64. The third-order valence-corrected chi connectivity index (χ3v) is 6.61. The van der Waals surface area contributed by atoms with E-state index >= 15 is 0 Å². The zero-order valence-electron chi connectivity index (χ0n) is 18.7. The predicted molar refractivity (Wildman–Crippen MR) is 127 cm³/mol. The fourth-order valence-electron chi connectivity index (χ4n) is 3.49. The zero-order chi connectivity index (χ0) is 24.8. The number of anilines is 1. The lowest BCUT2D eigenvalue weighted by Crippen LogP contribution is -2.56. The average Bonchev–Trinajstić information content (AvgIpc) is 2.95. The summed E-state index contributed by atoms with van der Waals surface area (Å²) in [6.07, 6.45) is -3.99. The third kappa shape index (κ3) is 6.02. The molecule has 0 spiro atoms. The maximum absolute atomic E-state index is 13.0. The number of amides is 2. The number of nitrogens with one attached hydrogen (secondary N) is 1. The van der Waals surface area contributed by atoms with Crippen LogP contribution in [0.4, 0.5) is 10.1 Å². The maximum atomic E-state index is 13.0. The zero-order valence-corrected chi connectivity index (χ0v) is 19.5. The summed E-state index contributed by atoms with van der Waals surface area (Å²) in [5.74, 6) is -1.29. The molecule has 1 aliphatic heterocycles. The van der Waals surface area contributed by atoms with Crippen LogP contribution < -0.4 is 10.2 Å². The molecular weight excluding hydrogens is 463 g/mol. The smallest absolute Gasteiger partial charge is 0.252 e. The molecule has 0 fully saturated rings. The highest BCUT2D eigenvalue weighted by atomic mass is 32.2. The highest BCUT2D eigenvalue weighted by Gasteiger charge is 2.38. The van der Waals surface area contributed by atoms with Gasteiger partial charge >= 0.3 is 0 Å². The van der Waals surface area contributed by atoms with Crippen LogP contribution in [0.25, 0.3) is 6.08 Å². The second-order valence-corrected chi connectivity index (χ2v) is 8.84. The third-order valence-electron chi connectivity index (χ3n) is 5.46. The Morgan fingerprint density at radius 3 is 2.53 bits per heavy atom. The molecule has 0 saturated carbocycles. The molecule has 2 aromatic rings. The first-order chi connectivity index (χ1) is 16.2. The molecule has 5 atom stereocenters. The highest BCUT2D eigenvalue weighted by Crippen LogP contribution is 2.33. The van der Waals surface area contributed by atoms with E-state index in [1.807, 2.05) is 24.3 Å². The molecule has 0 aliphatic carbocycles. The van der Waals surface area contributed by atoms with E-state index in [9.17, 15) is 29.3 Å². The number of hydrogen-bond donors (Lipinski definition) is 4. The Labute approximate surface area is 201 Å². The molecular formula is C24H27FN2O6S. The van der Waals surface area contributed by atoms with Crippen molar-refractivity contribution < 1.29 is 34.0 Å². The lowest BCUT2D eigenvalue weighted by Gasteiger charge is -2.28. The molecule has 34 heavy (non-hydrogen) atoms. The Hall–Kier alpha value is -2.76. The summed E-state index contributed by atoms with van der Waals surface area (Å²) in [6.45, 7) is 0. The summed E-state index contributed by atoms with van der Waals surface area (Å²) in [5.41, 5.74) is 1.29. The van der Waals surface area contributed by atoms with Gasteiger partial charge in [-0.2, -0.15) is 0 Å². The fraction of sp³-hybridized carbons (Fsp3) is 0.333. The summed E-state index contributed by atoms with van der Waals surface area (Å²) in [7, 11) is 2.79. The maximum Gasteiger partial charge on any atom is 0.252 e. The molecule has 4 N–H and O–H groups in total. The van der Waals surface area contributed by atoms with Gasteiger partial charge in [0.25, 0.3) is 5.91 Å². The summed E-state index contributed by atoms with van der Waals surface area (Å²) >= 11 is 1.41. The highest BCUT2D eigenvalue weighted by molar-refractivity contribution is 7.99. The quantitative estimate of drug-likeness (QED) is 0.439. The van der Waals surface area contributed by atoms with Crippen LogP contribution in [0, 0.1) is 5.82 Å².